The van der Waals surface area contributed by atoms with Crippen molar-refractivity contribution in [1.82, 2.24) is 25.0 Å². The van der Waals surface area contributed by atoms with Gasteiger partial charge in [0.25, 0.3) is 5.91 Å². The number of nitrogens with one attached hydrogen (secondary N) is 3. The summed E-state index contributed by atoms with van der Waals surface area (Å²) in [7, 11) is 0. The number of carbonyl (C=O) groups is 2. The van der Waals surface area contributed by atoms with Crippen LogP contribution in [0.3, 0.4) is 0 Å². The summed E-state index contributed by atoms with van der Waals surface area (Å²) >= 11 is 0. The molecule has 4 N–H and O–H groups in total. The molecule has 0 fully saturated rings. The first-order chi connectivity index (χ1) is 19.0. The number of carbonyl (C=O) groups excluding carboxylic acids is 1. The molecule has 0 atom stereocenters. The number of ether oxygens (including phenoxy) is 2. The first-order valence-corrected chi connectivity index (χ1v) is 12.2. The summed E-state index contributed by atoms with van der Waals surface area (Å²) in [6.45, 7) is 3.07. The highest BCUT2D eigenvalue weighted by Gasteiger charge is 2.13. The molecule has 2 aromatic carbocycles. The van der Waals surface area contributed by atoms with Gasteiger partial charge in [-0.1, -0.05) is 5.92 Å². The molecular weight excluding hydrogens is 500 g/mol. The van der Waals surface area contributed by atoms with Gasteiger partial charge in [-0.05, 0) is 55.0 Å². The lowest BCUT2D eigenvalue weighted by molar-refractivity contribution is 0.0916. The monoisotopic (exact) mass is 528 g/mol. The molecule has 200 valence electrons. The predicted molar refractivity (Wildman–Crippen MR) is 146 cm³/mol. The minimum atomic E-state index is -1.10. The number of terminal acetylenes is 1. The Morgan fingerprint density at radius 2 is 1.85 bits per heavy atom. The van der Waals surface area contributed by atoms with Crippen molar-refractivity contribution in [2.45, 2.75) is 6.92 Å². The molecule has 0 unspecified atom stereocenters. The van der Waals surface area contributed by atoms with Crippen LogP contribution >= 0.6 is 0 Å². The van der Waals surface area contributed by atoms with Crippen LogP contribution in [0.2, 0.25) is 0 Å². The largest absolute Gasteiger partial charge is 0.481 e. The Balaban J connectivity index is 1.39. The van der Waals surface area contributed by atoms with Crippen LogP contribution in [0.4, 0.5) is 16.3 Å². The Labute approximate surface area is 225 Å². The molecule has 2 aromatic heterocycles. The fraction of sp³-hybridized carbons (Fsp3) is 0.214. The van der Waals surface area contributed by atoms with Crippen molar-refractivity contribution in [2.75, 3.05) is 38.2 Å². The Hall–Kier alpha value is -5.08. The van der Waals surface area contributed by atoms with Crippen LogP contribution in [0.5, 0.6) is 5.75 Å². The van der Waals surface area contributed by atoms with Crippen molar-refractivity contribution in [1.29, 1.82) is 0 Å². The number of hydrogen-bond acceptors (Lipinski definition) is 7. The predicted octanol–water partition coefficient (Wildman–Crippen LogP) is 3.47. The van der Waals surface area contributed by atoms with Crippen LogP contribution in [0, 0.1) is 19.3 Å². The second kappa shape index (κ2) is 12.9. The molecule has 0 spiro atoms. The molecule has 0 aliphatic heterocycles. The number of anilines is 2. The van der Waals surface area contributed by atoms with E-state index in [2.05, 4.69) is 31.8 Å². The number of aromatic nitrogens is 3. The molecule has 39 heavy (non-hydrogen) atoms. The minimum absolute atomic E-state index is 0.190. The van der Waals surface area contributed by atoms with E-state index in [-0.39, 0.29) is 32.3 Å². The second-order valence-electron chi connectivity index (χ2n) is 8.38. The summed E-state index contributed by atoms with van der Waals surface area (Å²) in [5.74, 6) is 3.49. The molecular formula is C28H28N6O5. The van der Waals surface area contributed by atoms with E-state index < -0.39 is 6.09 Å². The van der Waals surface area contributed by atoms with Gasteiger partial charge in [0, 0.05) is 42.3 Å². The van der Waals surface area contributed by atoms with Gasteiger partial charge in [-0.2, -0.15) is 0 Å². The van der Waals surface area contributed by atoms with E-state index >= 15 is 0 Å². The number of benzene rings is 2. The zero-order valence-electron chi connectivity index (χ0n) is 21.3. The van der Waals surface area contributed by atoms with E-state index in [1.807, 2.05) is 47.9 Å². The van der Waals surface area contributed by atoms with Crippen molar-refractivity contribution >= 4 is 29.2 Å². The van der Waals surface area contributed by atoms with E-state index in [0.717, 1.165) is 22.5 Å². The van der Waals surface area contributed by atoms with Gasteiger partial charge in [0.1, 0.15) is 12.4 Å². The summed E-state index contributed by atoms with van der Waals surface area (Å²) in [4.78, 5) is 32.0. The molecule has 2 heterocycles. The fourth-order valence-corrected chi connectivity index (χ4v) is 3.86. The molecule has 4 aromatic rings. The molecule has 0 aliphatic rings. The third-order valence-electron chi connectivity index (χ3n) is 5.69. The number of aryl methyl sites for hydroxylation is 1. The van der Waals surface area contributed by atoms with E-state index in [1.54, 1.807) is 24.5 Å². The smallest absolute Gasteiger partial charge is 0.404 e. The number of carboxylic acid groups (broad SMARTS) is 1. The number of hydrogen-bond donors (Lipinski definition) is 4. The van der Waals surface area contributed by atoms with E-state index in [9.17, 15) is 9.59 Å². The van der Waals surface area contributed by atoms with Crippen LogP contribution in [-0.4, -0.2) is 64.4 Å². The van der Waals surface area contributed by atoms with Crippen molar-refractivity contribution in [3.8, 4) is 29.4 Å². The summed E-state index contributed by atoms with van der Waals surface area (Å²) in [6, 6.07) is 13.0. The average molecular weight is 529 g/mol. The van der Waals surface area contributed by atoms with Gasteiger partial charge in [0.15, 0.2) is 11.5 Å². The van der Waals surface area contributed by atoms with Crippen LogP contribution in [0.15, 0.2) is 61.1 Å². The Morgan fingerprint density at radius 1 is 1.08 bits per heavy atom. The number of fused-ring (bicyclic) bond motifs is 1. The number of rotatable bonds is 12. The van der Waals surface area contributed by atoms with Crippen molar-refractivity contribution in [3.05, 3.63) is 72.2 Å². The molecule has 11 heteroatoms. The maximum atomic E-state index is 12.6. The van der Waals surface area contributed by atoms with Gasteiger partial charge in [-0.3, -0.25) is 9.20 Å². The molecule has 11 nitrogen and oxygen atoms in total. The normalized spacial score (nSPS) is 10.6. The number of imidazole rings is 1. The van der Waals surface area contributed by atoms with Crippen molar-refractivity contribution < 1.29 is 24.2 Å². The zero-order chi connectivity index (χ0) is 27.6. The molecule has 4 rings (SSSR count). The first-order valence-electron chi connectivity index (χ1n) is 12.2. The number of amides is 2. The lowest BCUT2D eigenvalue weighted by atomic mass is 10.1. The van der Waals surface area contributed by atoms with E-state index in [1.165, 1.54) is 0 Å². The Bertz CT molecular complexity index is 1490. The van der Waals surface area contributed by atoms with E-state index in [0.29, 0.717) is 29.3 Å². The molecule has 0 saturated carbocycles. The zero-order valence-corrected chi connectivity index (χ0v) is 21.3. The SMILES string of the molecule is C#CCOc1ccc(-c2cnc3c(Nc4ccc(C(=O)NCCOCCNC(=O)O)c(C)c4)nccn23)cc1. The van der Waals surface area contributed by atoms with Gasteiger partial charge in [0.05, 0.1) is 25.1 Å². The first kappa shape index (κ1) is 27.0. The van der Waals surface area contributed by atoms with Gasteiger partial charge in [-0.15, -0.1) is 6.42 Å². The van der Waals surface area contributed by atoms with Gasteiger partial charge >= 0.3 is 6.09 Å². The average Bonchev–Trinajstić information content (AvgIpc) is 3.37. The van der Waals surface area contributed by atoms with Crippen LogP contribution in [-0.2, 0) is 4.74 Å². The Kier molecular flexibility index (Phi) is 8.95. The molecule has 0 aliphatic carbocycles. The van der Waals surface area contributed by atoms with Crippen molar-refractivity contribution in [2.24, 2.45) is 0 Å². The lowest BCUT2D eigenvalue weighted by Gasteiger charge is -2.12. The Morgan fingerprint density at radius 3 is 2.56 bits per heavy atom. The quantitative estimate of drug-likeness (QED) is 0.162. The molecule has 0 radical (unpaired) electrons. The maximum absolute atomic E-state index is 12.6. The topological polar surface area (TPSA) is 139 Å². The van der Waals surface area contributed by atoms with E-state index in [4.69, 9.17) is 21.0 Å². The maximum Gasteiger partial charge on any atom is 0.404 e. The summed E-state index contributed by atoms with van der Waals surface area (Å²) in [6.07, 6.45) is 9.47. The van der Waals surface area contributed by atoms with Crippen LogP contribution in [0.25, 0.3) is 16.9 Å². The second-order valence-corrected chi connectivity index (χ2v) is 8.38. The minimum Gasteiger partial charge on any atom is -0.481 e. The fourth-order valence-electron chi connectivity index (χ4n) is 3.86. The van der Waals surface area contributed by atoms with Gasteiger partial charge < -0.3 is 30.5 Å². The third kappa shape index (κ3) is 7.03. The van der Waals surface area contributed by atoms with Crippen LogP contribution in [0.1, 0.15) is 15.9 Å². The van der Waals surface area contributed by atoms with Crippen LogP contribution < -0.4 is 20.7 Å². The summed E-state index contributed by atoms with van der Waals surface area (Å²) < 4.78 is 12.7. The highest BCUT2D eigenvalue weighted by molar-refractivity contribution is 5.96. The number of nitrogens with zero attached hydrogens (tertiary/aromatic N) is 3. The van der Waals surface area contributed by atoms with Crippen molar-refractivity contribution in [3.63, 3.8) is 0 Å². The highest BCUT2D eigenvalue weighted by Crippen LogP contribution is 2.27. The summed E-state index contributed by atoms with van der Waals surface area (Å²) in [5, 5.41) is 16.8. The molecule has 2 amide bonds. The molecule has 0 saturated heterocycles. The highest BCUT2D eigenvalue weighted by atomic mass is 16.5. The summed E-state index contributed by atoms with van der Waals surface area (Å²) in [5.41, 5.74) is 4.59. The van der Waals surface area contributed by atoms with Gasteiger partial charge in [-0.25, -0.2) is 14.8 Å². The van der Waals surface area contributed by atoms with Gasteiger partial charge in [0.2, 0.25) is 0 Å². The molecule has 0 bridgehead atoms. The standard InChI is InChI=1S/C28H28N6O5/c1-3-14-39-22-7-4-20(5-8-22)24-18-32-26-25(29-10-13-34(24)26)33-21-6-9-23(19(2)17-21)27(35)30-11-15-38-16-12-31-28(36)37/h1,4-10,13,17-18,31H,11-12,14-16H2,2H3,(H,29,33)(H,30,35)(H,36,37). The lowest BCUT2D eigenvalue weighted by Crippen LogP contribution is -2.29. The third-order valence-corrected chi connectivity index (χ3v) is 5.69.